The average Bonchev–Trinajstić information content (AvgIpc) is 2.31. The highest BCUT2D eigenvalue weighted by Gasteiger charge is 2.17. The van der Waals surface area contributed by atoms with Gasteiger partial charge in [-0.3, -0.25) is 4.98 Å². The van der Waals surface area contributed by atoms with Crippen LogP contribution in [0, 0.1) is 13.8 Å². The number of aliphatic hydroxyl groups is 1. The van der Waals surface area contributed by atoms with Crippen LogP contribution in [0.4, 0.5) is 0 Å². The Morgan fingerprint density at radius 3 is 2.56 bits per heavy atom. The molecule has 0 saturated carbocycles. The minimum Gasteiger partial charge on any atom is -0.382 e. The van der Waals surface area contributed by atoms with Crippen molar-refractivity contribution >= 4 is 31.9 Å². The van der Waals surface area contributed by atoms with Crippen LogP contribution in [0.3, 0.4) is 0 Å². The Hall–Kier alpha value is -0.710. The Morgan fingerprint density at radius 1 is 1.17 bits per heavy atom. The number of hydrogen-bond donors (Lipinski definition) is 1. The van der Waals surface area contributed by atoms with Gasteiger partial charge in [0.1, 0.15) is 6.10 Å². The first-order chi connectivity index (χ1) is 8.49. The van der Waals surface area contributed by atoms with E-state index >= 15 is 0 Å². The van der Waals surface area contributed by atoms with Crippen LogP contribution in [0.25, 0.3) is 0 Å². The molecule has 0 bridgehead atoms. The molecule has 0 spiro atoms. The standard InChI is InChI=1S/C14H13Br2NO/c1-8-3-4-9(2)11(5-8)14(18)13-12(16)6-10(15)7-17-13/h3-7,14,18H,1-2H3. The molecule has 4 heteroatoms. The van der Waals surface area contributed by atoms with E-state index in [9.17, 15) is 5.11 Å². The van der Waals surface area contributed by atoms with E-state index in [-0.39, 0.29) is 0 Å². The first kappa shape index (κ1) is 13.7. The van der Waals surface area contributed by atoms with Crippen LogP contribution in [-0.4, -0.2) is 10.1 Å². The van der Waals surface area contributed by atoms with Crippen LogP contribution in [0.1, 0.15) is 28.5 Å². The molecule has 1 heterocycles. The monoisotopic (exact) mass is 369 g/mol. The van der Waals surface area contributed by atoms with Crippen LogP contribution in [0.5, 0.6) is 0 Å². The largest absolute Gasteiger partial charge is 0.382 e. The fourth-order valence-corrected chi connectivity index (χ4v) is 3.03. The van der Waals surface area contributed by atoms with Gasteiger partial charge in [-0.15, -0.1) is 0 Å². The molecule has 18 heavy (non-hydrogen) atoms. The number of aromatic nitrogens is 1. The summed E-state index contributed by atoms with van der Waals surface area (Å²) in [6.45, 7) is 4.00. The van der Waals surface area contributed by atoms with Crippen LogP contribution in [0.2, 0.25) is 0 Å². The van der Waals surface area contributed by atoms with Crippen molar-refractivity contribution in [2.24, 2.45) is 0 Å². The molecule has 1 N–H and O–H groups in total. The van der Waals surface area contributed by atoms with Crippen molar-refractivity contribution in [1.82, 2.24) is 4.98 Å². The SMILES string of the molecule is Cc1ccc(C)c(C(O)c2ncc(Br)cc2Br)c1. The van der Waals surface area contributed by atoms with Gasteiger partial charge in [0.05, 0.1) is 5.69 Å². The molecule has 0 amide bonds. The molecule has 0 fully saturated rings. The Bertz CT molecular complexity index is 584. The minimum absolute atomic E-state index is 0.631. The van der Waals surface area contributed by atoms with E-state index in [0.717, 1.165) is 25.6 Å². The summed E-state index contributed by atoms with van der Waals surface area (Å²) in [5, 5.41) is 10.5. The van der Waals surface area contributed by atoms with E-state index in [2.05, 4.69) is 36.8 Å². The zero-order valence-electron chi connectivity index (χ0n) is 10.1. The second-order valence-corrected chi connectivity index (χ2v) is 6.05. The smallest absolute Gasteiger partial charge is 0.122 e. The topological polar surface area (TPSA) is 33.1 Å². The number of hydrogen-bond acceptors (Lipinski definition) is 2. The summed E-state index contributed by atoms with van der Waals surface area (Å²) in [5.74, 6) is 0. The Balaban J connectivity index is 2.47. The highest BCUT2D eigenvalue weighted by atomic mass is 79.9. The van der Waals surface area contributed by atoms with Crippen LogP contribution >= 0.6 is 31.9 Å². The van der Waals surface area contributed by atoms with Crippen molar-refractivity contribution in [2.75, 3.05) is 0 Å². The van der Waals surface area contributed by atoms with Gasteiger partial charge in [0.2, 0.25) is 0 Å². The zero-order valence-corrected chi connectivity index (χ0v) is 13.3. The van der Waals surface area contributed by atoms with E-state index in [1.165, 1.54) is 0 Å². The van der Waals surface area contributed by atoms with Gasteiger partial charge in [-0.2, -0.15) is 0 Å². The molecule has 1 unspecified atom stereocenters. The molecule has 2 rings (SSSR count). The number of pyridine rings is 1. The van der Waals surface area contributed by atoms with Gasteiger partial charge in [-0.25, -0.2) is 0 Å². The van der Waals surface area contributed by atoms with Gasteiger partial charge >= 0.3 is 0 Å². The predicted molar refractivity (Wildman–Crippen MR) is 79.6 cm³/mol. The molecule has 0 aliphatic heterocycles. The first-order valence-electron chi connectivity index (χ1n) is 5.55. The van der Waals surface area contributed by atoms with E-state index in [1.807, 2.05) is 38.1 Å². The maximum atomic E-state index is 10.5. The lowest BCUT2D eigenvalue weighted by molar-refractivity contribution is 0.213. The van der Waals surface area contributed by atoms with Gasteiger partial charge in [0, 0.05) is 15.1 Å². The van der Waals surface area contributed by atoms with Crippen molar-refractivity contribution in [3.8, 4) is 0 Å². The Labute approximate surface area is 123 Å². The van der Waals surface area contributed by atoms with E-state index in [1.54, 1.807) is 6.20 Å². The molecular formula is C14H13Br2NO. The minimum atomic E-state index is -0.715. The van der Waals surface area contributed by atoms with Crippen LogP contribution in [0.15, 0.2) is 39.4 Å². The highest BCUT2D eigenvalue weighted by molar-refractivity contribution is 9.11. The lowest BCUT2D eigenvalue weighted by Crippen LogP contribution is -2.05. The van der Waals surface area contributed by atoms with Crippen molar-refractivity contribution in [1.29, 1.82) is 0 Å². The summed E-state index contributed by atoms with van der Waals surface area (Å²) in [4.78, 5) is 4.28. The average molecular weight is 371 g/mol. The lowest BCUT2D eigenvalue weighted by Gasteiger charge is -2.15. The van der Waals surface area contributed by atoms with Crippen molar-refractivity contribution < 1.29 is 5.11 Å². The summed E-state index contributed by atoms with van der Waals surface area (Å²) < 4.78 is 1.68. The molecule has 0 aliphatic rings. The Kier molecular flexibility index (Phi) is 4.20. The van der Waals surface area contributed by atoms with Crippen molar-refractivity contribution in [3.63, 3.8) is 0 Å². The molecular weight excluding hydrogens is 358 g/mol. The zero-order chi connectivity index (χ0) is 13.3. The van der Waals surface area contributed by atoms with Gasteiger partial charge in [0.25, 0.3) is 0 Å². The second kappa shape index (κ2) is 5.51. The van der Waals surface area contributed by atoms with Crippen LogP contribution in [-0.2, 0) is 0 Å². The molecule has 2 nitrogen and oxygen atoms in total. The first-order valence-corrected chi connectivity index (χ1v) is 7.14. The molecule has 1 aromatic heterocycles. The van der Waals surface area contributed by atoms with Gasteiger partial charge in [-0.1, -0.05) is 23.8 Å². The van der Waals surface area contributed by atoms with Crippen LogP contribution < -0.4 is 0 Å². The predicted octanol–water partition coefficient (Wildman–Crippen LogP) is 4.31. The molecule has 0 aliphatic carbocycles. The quantitative estimate of drug-likeness (QED) is 0.854. The van der Waals surface area contributed by atoms with Crippen molar-refractivity contribution in [3.05, 3.63) is 61.8 Å². The maximum absolute atomic E-state index is 10.5. The van der Waals surface area contributed by atoms with Gasteiger partial charge in [0.15, 0.2) is 0 Å². The molecule has 0 radical (unpaired) electrons. The highest BCUT2D eigenvalue weighted by Crippen LogP contribution is 2.30. The lowest BCUT2D eigenvalue weighted by atomic mass is 9.98. The molecule has 2 aromatic rings. The number of aliphatic hydroxyl groups excluding tert-OH is 1. The summed E-state index contributed by atoms with van der Waals surface area (Å²) in [6, 6.07) is 7.93. The second-order valence-electron chi connectivity index (χ2n) is 4.28. The third-order valence-corrected chi connectivity index (χ3v) is 3.89. The fraction of sp³-hybridized carbons (Fsp3) is 0.214. The fourth-order valence-electron chi connectivity index (χ4n) is 1.83. The van der Waals surface area contributed by atoms with E-state index in [4.69, 9.17) is 0 Å². The normalized spacial score (nSPS) is 12.5. The summed E-state index contributed by atoms with van der Waals surface area (Å²) in [6.07, 6.45) is 0.974. The van der Waals surface area contributed by atoms with Gasteiger partial charge in [-0.05, 0) is 62.9 Å². The number of rotatable bonds is 2. The summed E-state index contributed by atoms with van der Waals surface area (Å²) in [5.41, 5.74) is 3.71. The van der Waals surface area contributed by atoms with Crippen molar-refractivity contribution in [2.45, 2.75) is 20.0 Å². The summed E-state index contributed by atoms with van der Waals surface area (Å²) >= 11 is 6.79. The number of benzene rings is 1. The van der Waals surface area contributed by atoms with E-state index in [0.29, 0.717) is 5.69 Å². The summed E-state index contributed by atoms with van der Waals surface area (Å²) in [7, 11) is 0. The number of halogens is 2. The third kappa shape index (κ3) is 2.82. The molecule has 94 valence electrons. The van der Waals surface area contributed by atoms with Gasteiger partial charge < -0.3 is 5.11 Å². The number of nitrogens with zero attached hydrogens (tertiary/aromatic N) is 1. The third-order valence-electron chi connectivity index (χ3n) is 2.82. The Morgan fingerprint density at radius 2 is 1.89 bits per heavy atom. The van der Waals surface area contributed by atoms with E-state index < -0.39 is 6.10 Å². The molecule has 0 saturated heterocycles. The molecule has 1 aromatic carbocycles. The molecule has 1 atom stereocenters. The number of aryl methyl sites for hydroxylation is 2. The maximum Gasteiger partial charge on any atom is 0.122 e.